The van der Waals surface area contributed by atoms with Gasteiger partial charge in [-0.3, -0.25) is 24.3 Å². The second-order valence-electron chi connectivity index (χ2n) is 7.94. The number of ketones is 2. The first-order chi connectivity index (χ1) is 17.3. The number of hydrogen-bond acceptors (Lipinski definition) is 9. The van der Waals surface area contributed by atoms with Gasteiger partial charge in [-0.15, -0.1) is 0 Å². The number of benzene rings is 1. The van der Waals surface area contributed by atoms with Crippen LogP contribution in [-0.4, -0.2) is 45.8 Å². The van der Waals surface area contributed by atoms with Crippen molar-refractivity contribution in [3.8, 4) is 11.5 Å². The smallest absolute Gasteiger partial charge is 0.301 e. The first-order valence-corrected chi connectivity index (χ1v) is 12.2. The molecule has 1 fully saturated rings. The van der Waals surface area contributed by atoms with Crippen LogP contribution in [0.4, 0.5) is 5.13 Å². The average Bonchev–Trinajstić information content (AvgIpc) is 3.37. The van der Waals surface area contributed by atoms with Gasteiger partial charge in [0.25, 0.3) is 5.78 Å². The average molecular weight is 508 g/mol. The number of ether oxygens (including phenoxy) is 2. The Morgan fingerprint density at radius 2 is 1.75 bits per heavy atom. The van der Waals surface area contributed by atoms with Crippen molar-refractivity contribution in [1.29, 1.82) is 0 Å². The third-order valence-corrected chi connectivity index (χ3v) is 6.85. The number of nitrogens with zero attached hydrogens (tertiary/aromatic N) is 3. The molecular weight excluding hydrogens is 482 g/mol. The maximum Gasteiger partial charge on any atom is 0.301 e. The lowest BCUT2D eigenvalue weighted by atomic mass is 9.95. The summed E-state index contributed by atoms with van der Waals surface area (Å²) < 4.78 is 11.4. The van der Waals surface area contributed by atoms with Crippen LogP contribution in [0.1, 0.15) is 53.3 Å². The van der Waals surface area contributed by atoms with Gasteiger partial charge in [-0.25, -0.2) is 4.98 Å². The summed E-state index contributed by atoms with van der Waals surface area (Å²) in [6.07, 6.45) is 2.96. The predicted molar refractivity (Wildman–Crippen MR) is 135 cm³/mol. The van der Waals surface area contributed by atoms with Crippen LogP contribution in [0.2, 0.25) is 0 Å². The van der Waals surface area contributed by atoms with Gasteiger partial charge in [0.1, 0.15) is 5.76 Å². The summed E-state index contributed by atoms with van der Waals surface area (Å²) in [6.45, 7) is 7.56. The third kappa shape index (κ3) is 4.47. The number of Topliss-reactive ketones (excluding diaryl/α,β-unsaturated/α-hetero) is 2. The normalized spacial score (nSPS) is 16.9. The molecular formula is C26H25N3O6S. The highest BCUT2D eigenvalue weighted by molar-refractivity contribution is 7.18. The zero-order valence-electron chi connectivity index (χ0n) is 20.3. The molecule has 1 atom stereocenters. The minimum Gasteiger partial charge on any atom is -0.507 e. The van der Waals surface area contributed by atoms with Crippen molar-refractivity contribution in [2.75, 3.05) is 18.1 Å². The molecule has 0 bridgehead atoms. The monoisotopic (exact) mass is 507 g/mol. The van der Waals surface area contributed by atoms with Crippen molar-refractivity contribution in [3.63, 3.8) is 0 Å². The second kappa shape index (κ2) is 10.3. The summed E-state index contributed by atoms with van der Waals surface area (Å²) in [5.74, 6) is -1.30. The topological polar surface area (TPSA) is 119 Å². The van der Waals surface area contributed by atoms with Crippen molar-refractivity contribution in [2.24, 2.45) is 0 Å². The number of aliphatic hydroxyl groups excluding tert-OH is 1. The van der Waals surface area contributed by atoms with Gasteiger partial charge >= 0.3 is 5.91 Å². The zero-order valence-corrected chi connectivity index (χ0v) is 21.1. The highest BCUT2D eigenvalue weighted by Gasteiger charge is 2.48. The maximum absolute atomic E-state index is 13.4. The highest BCUT2D eigenvalue weighted by Crippen LogP contribution is 2.45. The number of aromatic nitrogens is 2. The van der Waals surface area contributed by atoms with Crippen LogP contribution in [0.5, 0.6) is 11.5 Å². The van der Waals surface area contributed by atoms with Gasteiger partial charge < -0.3 is 14.6 Å². The van der Waals surface area contributed by atoms with Crippen LogP contribution in [0.3, 0.4) is 0 Å². The fourth-order valence-electron chi connectivity index (χ4n) is 4.06. The molecule has 0 radical (unpaired) electrons. The van der Waals surface area contributed by atoms with Crippen LogP contribution in [-0.2, 0) is 9.59 Å². The van der Waals surface area contributed by atoms with Gasteiger partial charge in [0.05, 0.1) is 35.4 Å². The fourth-order valence-corrected chi connectivity index (χ4v) is 5.05. The number of pyridine rings is 1. The molecule has 0 spiro atoms. The van der Waals surface area contributed by atoms with Crippen LogP contribution in [0.15, 0.2) is 48.3 Å². The predicted octanol–water partition coefficient (Wildman–Crippen LogP) is 4.47. The molecule has 0 saturated carbocycles. The molecule has 1 saturated heterocycles. The first kappa shape index (κ1) is 25.1. The summed E-state index contributed by atoms with van der Waals surface area (Å²) in [5.41, 5.74) is 1.20. The number of carbonyl (C=O) groups is 3. The van der Waals surface area contributed by atoms with Crippen LogP contribution in [0.25, 0.3) is 5.76 Å². The van der Waals surface area contributed by atoms with E-state index >= 15 is 0 Å². The summed E-state index contributed by atoms with van der Waals surface area (Å²) in [5, 5.41) is 11.4. The van der Waals surface area contributed by atoms with Crippen molar-refractivity contribution < 1.29 is 29.0 Å². The molecule has 1 unspecified atom stereocenters. The quantitative estimate of drug-likeness (QED) is 0.205. The number of rotatable bonds is 8. The molecule has 10 heteroatoms. The molecule has 0 aliphatic carbocycles. The Kier molecular flexibility index (Phi) is 7.16. The van der Waals surface area contributed by atoms with Gasteiger partial charge in [-0.05, 0) is 50.6 Å². The summed E-state index contributed by atoms with van der Waals surface area (Å²) >= 11 is 1.03. The third-order valence-electron chi connectivity index (χ3n) is 5.59. The molecule has 186 valence electrons. The molecule has 1 amide bonds. The van der Waals surface area contributed by atoms with Gasteiger partial charge in [0.2, 0.25) is 0 Å². The van der Waals surface area contributed by atoms with Crippen molar-refractivity contribution in [3.05, 3.63) is 70.0 Å². The van der Waals surface area contributed by atoms with Gasteiger partial charge in [-0.2, -0.15) is 0 Å². The van der Waals surface area contributed by atoms with Gasteiger partial charge in [0, 0.05) is 24.9 Å². The SMILES string of the molecule is CCOc1ccc(C2/C(=C(\O)c3ccncc3)C(=O)C(=O)N2c2nc(C)c(C(C)=O)s2)cc1OCC. The van der Waals surface area contributed by atoms with Crippen LogP contribution >= 0.6 is 11.3 Å². The van der Waals surface area contributed by atoms with E-state index in [9.17, 15) is 19.5 Å². The molecule has 3 aromatic rings. The fraction of sp³-hybridized carbons (Fsp3) is 0.269. The van der Waals surface area contributed by atoms with Gasteiger partial charge in [-0.1, -0.05) is 17.4 Å². The number of anilines is 1. The number of amides is 1. The van der Waals surface area contributed by atoms with E-state index in [1.807, 2.05) is 13.8 Å². The lowest BCUT2D eigenvalue weighted by Crippen LogP contribution is -2.29. The van der Waals surface area contributed by atoms with E-state index < -0.39 is 17.7 Å². The van der Waals surface area contributed by atoms with E-state index in [1.54, 1.807) is 37.3 Å². The molecule has 4 rings (SSSR count). The Morgan fingerprint density at radius 3 is 2.36 bits per heavy atom. The summed E-state index contributed by atoms with van der Waals surface area (Å²) in [6, 6.07) is 7.17. The molecule has 1 aliphatic rings. The minimum atomic E-state index is -1.02. The molecule has 2 aromatic heterocycles. The van der Waals surface area contributed by atoms with Crippen LogP contribution < -0.4 is 14.4 Å². The molecule has 1 aliphatic heterocycles. The van der Waals surface area contributed by atoms with E-state index in [0.717, 1.165) is 11.3 Å². The van der Waals surface area contributed by atoms with E-state index in [2.05, 4.69) is 9.97 Å². The lowest BCUT2D eigenvalue weighted by molar-refractivity contribution is -0.132. The Labute approximate surface area is 212 Å². The number of carbonyl (C=O) groups excluding carboxylic acids is 3. The standard InChI is InChI=1S/C26H25N3O6S/c1-5-34-18-8-7-17(13-19(18)35-6-2)21-20(22(31)16-9-11-27-12-10-16)23(32)25(33)29(21)26-28-14(3)24(36-26)15(4)30/h7-13,21,31H,5-6H2,1-4H3/b22-20+. The maximum atomic E-state index is 13.4. The minimum absolute atomic E-state index is 0.102. The van der Waals surface area contributed by atoms with E-state index in [4.69, 9.17) is 9.47 Å². The van der Waals surface area contributed by atoms with Crippen molar-refractivity contribution in [2.45, 2.75) is 33.7 Å². The molecule has 9 nitrogen and oxygen atoms in total. The zero-order chi connectivity index (χ0) is 26.0. The first-order valence-electron chi connectivity index (χ1n) is 11.4. The van der Waals surface area contributed by atoms with Crippen molar-refractivity contribution in [1.82, 2.24) is 9.97 Å². The Morgan fingerprint density at radius 1 is 1.08 bits per heavy atom. The number of aryl methyl sites for hydroxylation is 1. The molecule has 1 N–H and O–H groups in total. The van der Waals surface area contributed by atoms with E-state index in [-0.39, 0.29) is 22.2 Å². The number of hydrogen-bond donors (Lipinski definition) is 1. The Balaban J connectivity index is 1.96. The number of aliphatic hydroxyl groups is 1. The van der Waals surface area contributed by atoms with E-state index in [0.29, 0.717) is 46.4 Å². The van der Waals surface area contributed by atoms with Gasteiger partial charge in [0.15, 0.2) is 22.4 Å². The molecule has 3 heterocycles. The highest BCUT2D eigenvalue weighted by atomic mass is 32.1. The largest absolute Gasteiger partial charge is 0.507 e. The van der Waals surface area contributed by atoms with Crippen LogP contribution in [0, 0.1) is 6.92 Å². The Bertz CT molecular complexity index is 1370. The number of thiazole rings is 1. The summed E-state index contributed by atoms with van der Waals surface area (Å²) in [4.78, 5) is 48.7. The summed E-state index contributed by atoms with van der Waals surface area (Å²) in [7, 11) is 0. The van der Waals surface area contributed by atoms with Crippen molar-refractivity contribution >= 4 is 39.7 Å². The lowest BCUT2D eigenvalue weighted by Gasteiger charge is -2.24. The van der Waals surface area contributed by atoms with E-state index in [1.165, 1.54) is 24.2 Å². The molecule has 36 heavy (non-hydrogen) atoms. The Hall–Kier alpha value is -4.05. The second-order valence-corrected chi connectivity index (χ2v) is 8.92. The molecule has 1 aromatic carbocycles.